The predicted octanol–water partition coefficient (Wildman–Crippen LogP) is 4.32. The predicted molar refractivity (Wildman–Crippen MR) is 116 cm³/mol. The van der Waals surface area contributed by atoms with Gasteiger partial charge in [-0.2, -0.15) is 8.42 Å². The topological polar surface area (TPSA) is 79.5 Å². The maximum absolute atomic E-state index is 15.1. The fourth-order valence-corrected chi connectivity index (χ4v) is 7.15. The third kappa shape index (κ3) is 3.62. The number of halogens is 1. The number of nitrogens with zero attached hydrogens (tertiary/aromatic N) is 1. The van der Waals surface area contributed by atoms with Crippen LogP contribution in [0.4, 0.5) is 4.39 Å². The highest BCUT2D eigenvalue weighted by atomic mass is 32.2. The Morgan fingerprint density at radius 3 is 2.58 bits per heavy atom. The van der Waals surface area contributed by atoms with Crippen molar-refractivity contribution < 1.29 is 21.8 Å². The number of aromatic nitrogens is 1. The second-order valence-electron chi connectivity index (χ2n) is 10.3. The number of carbonyl (C=O) groups is 1. The van der Waals surface area contributed by atoms with Crippen LogP contribution in [0.1, 0.15) is 63.9 Å². The first kappa shape index (κ1) is 20.8. The summed E-state index contributed by atoms with van der Waals surface area (Å²) in [5.74, 6) is -0.367. The Kier molecular flexibility index (Phi) is 4.66. The normalized spacial score (nSPS) is 30.7. The lowest BCUT2D eigenvalue weighted by Gasteiger charge is -2.61. The Labute approximate surface area is 182 Å². The van der Waals surface area contributed by atoms with Crippen LogP contribution >= 0.6 is 0 Å². The van der Waals surface area contributed by atoms with Crippen molar-refractivity contribution in [1.82, 2.24) is 9.88 Å². The number of aromatic amines is 1. The molecule has 1 aromatic heterocycles. The van der Waals surface area contributed by atoms with E-state index in [0.717, 1.165) is 37.9 Å². The molecule has 31 heavy (non-hydrogen) atoms. The first-order valence-corrected chi connectivity index (χ1v) is 12.8. The highest BCUT2D eigenvalue weighted by Crippen LogP contribution is 2.56. The molecular formula is C23H29FN2O4S. The zero-order valence-corrected chi connectivity index (χ0v) is 19.0. The molecule has 2 aromatic rings. The van der Waals surface area contributed by atoms with Gasteiger partial charge in [-0.15, -0.1) is 0 Å². The van der Waals surface area contributed by atoms with Gasteiger partial charge in [0.15, 0.2) is 11.6 Å². The van der Waals surface area contributed by atoms with Crippen molar-refractivity contribution in [2.24, 2.45) is 11.3 Å². The largest absolute Gasteiger partial charge is 0.379 e. The number of rotatable bonds is 5. The van der Waals surface area contributed by atoms with Crippen LogP contribution in [0.15, 0.2) is 18.3 Å². The second kappa shape index (κ2) is 6.95. The van der Waals surface area contributed by atoms with Crippen molar-refractivity contribution in [3.05, 3.63) is 29.7 Å². The molecule has 8 heteroatoms. The molecule has 0 spiro atoms. The highest BCUT2D eigenvalue weighted by Gasteiger charge is 2.53. The Morgan fingerprint density at radius 2 is 1.97 bits per heavy atom. The van der Waals surface area contributed by atoms with Gasteiger partial charge >= 0.3 is 10.1 Å². The quantitative estimate of drug-likeness (QED) is 0.691. The molecule has 0 radical (unpaired) electrons. The van der Waals surface area contributed by atoms with Crippen LogP contribution in [0, 0.1) is 17.2 Å². The molecule has 168 valence electrons. The Morgan fingerprint density at radius 1 is 1.29 bits per heavy atom. The molecule has 1 aromatic carbocycles. The van der Waals surface area contributed by atoms with Crippen LogP contribution < -0.4 is 4.18 Å². The van der Waals surface area contributed by atoms with Gasteiger partial charge in [0.25, 0.3) is 0 Å². The number of carbonyl (C=O) groups excluding carboxylic acids is 1. The summed E-state index contributed by atoms with van der Waals surface area (Å²) in [6, 6.07) is 3.57. The van der Waals surface area contributed by atoms with Gasteiger partial charge in [0.2, 0.25) is 5.91 Å². The molecule has 2 saturated heterocycles. The van der Waals surface area contributed by atoms with E-state index in [-0.39, 0.29) is 23.0 Å². The number of benzene rings is 1. The van der Waals surface area contributed by atoms with Crippen molar-refractivity contribution in [1.29, 1.82) is 0 Å². The van der Waals surface area contributed by atoms with Crippen LogP contribution in [0.3, 0.4) is 0 Å². The molecule has 2 aliphatic heterocycles. The minimum Gasteiger partial charge on any atom is -0.379 e. The fraction of sp³-hybridized carbons (Fsp3) is 0.609. The lowest BCUT2D eigenvalue weighted by atomic mass is 9.56. The van der Waals surface area contributed by atoms with Gasteiger partial charge in [0.1, 0.15) is 0 Å². The van der Waals surface area contributed by atoms with Gasteiger partial charge in [0, 0.05) is 35.6 Å². The average Bonchev–Trinajstić information content (AvgIpc) is 3.06. The van der Waals surface area contributed by atoms with Crippen LogP contribution in [0.25, 0.3) is 10.9 Å². The van der Waals surface area contributed by atoms with E-state index in [1.54, 1.807) is 12.3 Å². The summed E-state index contributed by atoms with van der Waals surface area (Å²) in [4.78, 5) is 18.5. The number of piperidine rings is 2. The molecular weight excluding hydrogens is 419 g/mol. The van der Waals surface area contributed by atoms with Gasteiger partial charge in [-0.05, 0) is 67.1 Å². The molecule has 6 nitrogen and oxygen atoms in total. The maximum Gasteiger partial charge on any atom is 0.306 e. The first-order valence-electron chi connectivity index (χ1n) is 11.0. The summed E-state index contributed by atoms with van der Waals surface area (Å²) >= 11 is 0. The van der Waals surface area contributed by atoms with Crippen LogP contribution in [0.5, 0.6) is 5.75 Å². The number of fused-ring (bicyclic) bond motifs is 1. The molecule has 1 amide bonds. The Balaban J connectivity index is 1.39. The lowest BCUT2D eigenvalue weighted by molar-refractivity contribution is -0.156. The molecule has 2 saturated carbocycles. The molecule has 4 bridgehead atoms. The summed E-state index contributed by atoms with van der Waals surface area (Å²) in [7, 11) is -3.84. The highest BCUT2D eigenvalue weighted by molar-refractivity contribution is 7.86. The van der Waals surface area contributed by atoms with E-state index in [1.165, 1.54) is 12.5 Å². The van der Waals surface area contributed by atoms with Crippen LogP contribution in [0.2, 0.25) is 0 Å². The fourth-order valence-electron chi connectivity index (χ4n) is 6.69. The zero-order chi connectivity index (χ0) is 22.1. The van der Waals surface area contributed by atoms with Crippen molar-refractivity contribution >= 4 is 26.9 Å². The van der Waals surface area contributed by atoms with Crippen molar-refractivity contribution in [3.63, 3.8) is 0 Å². The summed E-state index contributed by atoms with van der Waals surface area (Å²) in [6.07, 6.45) is 8.60. The van der Waals surface area contributed by atoms with Crippen molar-refractivity contribution in [2.75, 3.05) is 6.26 Å². The second-order valence-corrected chi connectivity index (χ2v) is 11.9. The third-order valence-corrected chi connectivity index (χ3v) is 8.04. The van der Waals surface area contributed by atoms with E-state index in [0.29, 0.717) is 35.0 Å². The smallest absolute Gasteiger partial charge is 0.306 e. The minimum atomic E-state index is -3.84. The molecule has 4 fully saturated rings. The van der Waals surface area contributed by atoms with E-state index in [9.17, 15) is 13.2 Å². The minimum absolute atomic E-state index is 0.142. The summed E-state index contributed by atoms with van der Waals surface area (Å²) in [6.45, 7) is 4.29. The van der Waals surface area contributed by atoms with E-state index in [1.807, 2.05) is 6.92 Å². The van der Waals surface area contributed by atoms with Gasteiger partial charge in [-0.25, -0.2) is 4.39 Å². The van der Waals surface area contributed by atoms with E-state index < -0.39 is 15.9 Å². The molecule has 1 N–H and O–H groups in total. The van der Waals surface area contributed by atoms with Gasteiger partial charge in [-0.3, -0.25) is 4.79 Å². The van der Waals surface area contributed by atoms with Gasteiger partial charge in [0.05, 0.1) is 6.26 Å². The number of amides is 1. The summed E-state index contributed by atoms with van der Waals surface area (Å²) < 4.78 is 42.8. The van der Waals surface area contributed by atoms with Crippen LogP contribution in [-0.4, -0.2) is 42.5 Å². The number of H-pyrrole nitrogens is 1. The van der Waals surface area contributed by atoms with E-state index in [2.05, 4.69) is 16.8 Å². The van der Waals surface area contributed by atoms with Crippen molar-refractivity contribution in [2.45, 2.75) is 70.4 Å². The third-order valence-electron chi connectivity index (χ3n) is 7.56. The van der Waals surface area contributed by atoms with Gasteiger partial charge < -0.3 is 14.1 Å². The Bertz CT molecular complexity index is 1140. The standard InChI is InChI=1S/C23H29FN2O4S/c1-13(6-20(27)26-15-7-14-8-16(26)11-23(2,9-14)10-15)17-12-25-18-4-5-19(22(24)21(17)18)30-31(3,28)29/h4-5,12-16,25H,6-11H2,1-3H3. The zero-order valence-electron chi connectivity index (χ0n) is 18.2. The molecule has 2 aliphatic carbocycles. The summed E-state index contributed by atoms with van der Waals surface area (Å²) in [5.41, 5.74) is 1.60. The van der Waals surface area contributed by atoms with E-state index >= 15 is 4.39 Å². The Hall–Kier alpha value is -2.09. The maximum atomic E-state index is 15.1. The van der Waals surface area contributed by atoms with Crippen molar-refractivity contribution in [3.8, 4) is 5.75 Å². The number of nitrogens with one attached hydrogen (secondary N) is 1. The monoisotopic (exact) mass is 448 g/mol. The molecule has 3 heterocycles. The summed E-state index contributed by atoms with van der Waals surface area (Å²) in [5, 5.41) is 0.286. The SMILES string of the molecule is CC(CC(=O)N1C2CC3CC1CC(C)(C3)C2)c1c[nH]c2ccc(OS(C)(=O)=O)c(F)c12. The number of hydrogen-bond donors (Lipinski definition) is 1. The van der Waals surface area contributed by atoms with Crippen LogP contribution in [-0.2, 0) is 14.9 Å². The average molecular weight is 449 g/mol. The molecule has 3 unspecified atom stereocenters. The molecule has 3 atom stereocenters. The first-order chi connectivity index (χ1) is 14.5. The number of hydrogen-bond acceptors (Lipinski definition) is 4. The molecule has 4 aliphatic rings. The van der Waals surface area contributed by atoms with E-state index in [4.69, 9.17) is 4.18 Å². The molecule has 6 rings (SSSR count). The van der Waals surface area contributed by atoms with Gasteiger partial charge in [-0.1, -0.05) is 13.8 Å². The lowest BCUT2D eigenvalue weighted by Crippen LogP contribution is -2.62.